The summed E-state index contributed by atoms with van der Waals surface area (Å²) in [5.41, 5.74) is 0. The smallest absolute Gasteiger partial charge is 0.220 e. The molecule has 0 aliphatic heterocycles. The van der Waals surface area contributed by atoms with Crippen molar-refractivity contribution in [3.05, 3.63) is 5.38 Å². The summed E-state index contributed by atoms with van der Waals surface area (Å²) >= 11 is 1.45. The lowest BCUT2D eigenvalue weighted by Crippen LogP contribution is -1.88. The Balaban J connectivity index is 0.000000423. The van der Waals surface area contributed by atoms with Gasteiger partial charge in [-0.05, 0) is 0 Å². The SMILES string of the molecule is CCC[SiH3].COc1csc(OC)c1OC. The summed E-state index contributed by atoms with van der Waals surface area (Å²) in [5.74, 6) is 1.38. The van der Waals surface area contributed by atoms with Crippen LogP contribution in [0.3, 0.4) is 0 Å². The first kappa shape index (κ1) is 14.3. The Morgan fingerprint density at radius 2 is 1.80 bits per heavy atom. The minimum absolute atomic E-state index is 0.667. The number of methoxy groups -OCH3 is 3. The van der Waals surface area contributed by atoms with Gasteiger partial charge in [0.2, 0.25) is 10.8 Å². The molecule has 0 atom stereocenters. The minimum Gasteiger partial charge on any atom is -0.492 e. The van der Waals surface area contributed by atoms with Crippen molar-refractivity contribution in [1.29, 1.82) is 0 Å². The quantitative estimate of drug-likeness (QED) is 0.762. The van der Waals surface area contributed by atoms with Crippen LogP contribution in [0.4, 0.5) is 0 Å². The third-order valence-corrected chi connectivity index (χ3v) is 3.69. The van der Waals surface area contributed by atoms with Gasteiger partial charge in [0.15, 0.2) is 5.75 Å². The summed E-state index contributed by atoms with van der Waals surface area (Å²) in [4.78, 5) is 0. The van der Waals surface area contributed by atoms with Gasteiger partial charge in [0.1, 0.15) is 0 Å². The molecule has 0 saturated carbocycles. The number of hydrogen-bond acceptors (Lipinski definition) is 4. The first-order valence-electron chi connectivity index (χ1n) is 4.98. The van der Waals surface area contributed by atoms with E-state index in [0.717, 1.165) is 5.06 Å². The standard InChI is InChI=1S/C7H10O3S.C3H10Si/c1-8-5-4-11-7(10-3)6(5)9-2;1-2-3-4/h4H,1-3H3;2-3H2,1,4H3. The molecule has 0 spiro atoms. The van der Waals surface area contributed by atoms with E-state index in [1.165, 1.54) is 34.0 Å². The lowest BCUT2D eigenvalue weighted by molar-refractivity contribution is 0.333. The molecule has 15 heavy (non-hydrogen) atoms. The molecule has 0 bridgehead atoms. The summed E-state index contributed by atoms with van der Waals surface area (Å²) in [6.45, 7) is 2.22. The van der Waals surface area contributed by atoms with Gasteiger partial charge in [-0.15, -0.1) is 0 Å². The van der Waals surface area contributed by atoms with Crippen molar-refractivity contribution in [2.45, 2.75) is 19.4 Å². The van der Waals surface area contributed by atoms with E-state index >= 15 is 0 Å². The molecular weight excluding hydrogens is 228 g/mol. The average Bonchev–Trinajstić information content (AvgIpc) is 2.71. The summed E-state index contributed by atoms with van der Waals surface area (Å²) in [7, 11) is 6.19. The predicted octanol–water partition coefficient (Wildman–Crippen LogP) is 1.95. The van der Waals surface area contributed by atoms with Crippen LogP contribution in [0.25, 0.3) is 0 Å². The maximum Gasteiger partial charge on any atom is 0.220 e. The molecule has 1 rings (SSSR count). The first-order chi connectivity index (χ1) is 7.24. The molecule has 0 aliphatic rings. The molecule has 88 valence electrons. The van der Waals surface area contributed by atoms with E-state index in [-0.39, 0.29) is 0 Å². The lowest BCUT2D eigenvalue weighted by atomic mass is 10.5. The summed E-state index contributed by atoms with van der Waals surface area (Å²) in [6, 6.07) is 1.46. The fourth-order valence-electron chi connectivity index (χ4n) is 0.780. The number of rotatable bonds is 4. The molecule has 0 radical (unpaired) electrons. The Hall–Kier alpha value is -0.683. The van der Waals surface area contributed by atoms with E-state index in [0.29, 0.717) is 11.5 Å². The lowest BCUT2D eigenvalue weighted by Gasteiger charge is -2.02. The van der Waals surface area contributed by atoms with E-state index < -0.39 is 0 Å². The van der Waals surface area contributed by atoms with Crippen molar-refractivity contribution < 1.29 is 14.2 Å². The number of ether oxygens (including phenoxy) is 3. The maximum absolute atomic E-state index is 5.06. The van der Waals surface area contributed by atoms with E-state index in [9.17, 15) is 0 Å². The van der Waals surface area contributed by atoms with Crippen LogP contribution in [0.2, 0.25) is 6.04 Å². The molecule has 0 N–H and O–H groups in total. The van der Waals surface area contributed by atoms with Crippen LogP contribution < -0.4 is 14.2 Å². The van der Waals surface area contributed by atoms with Crippen LogP contribution in [0.15, 0.2) is 5.38 Å². The van der Waals surface area contributed by atoms with Crippen LogP contribution in [-0.4, -0.2) is 31.6 Å². The third kappa shape index (κ3) is 4.57. The highest BCUT2D eigenvalue weighted by Gasteiger charge is 2.12. The highest BCUT2D eigenvalue weighted by molar-refractivity contribution is 7.12. The molecule has 0 aliphatic carbocycles. The zero-order valence-electron chi connectivity index (χ0n) is 10.1. The molecule has 0 unspecified atom stereocenters. The molecule has 0 amide bonds. The van der Waals surface area contributed by atoms with Gasteiger partial charge in [-0.2, -0.15) is 0 Å². The van der Waals surface area contributed by atoms with Gasteiger partial charge in [0.25, 0.3) is 0 Å². The van der Waals surface area contributed by atoms with Crippen molar-refractivity contribution in [2.75, 3.05) is 21.3 Å². The Labute approximate surface area is 98.8 Å². The highest BCUT2D eigenvalue weighted by Crippen LogP contribution is 2.42. The van der Waals surface area contributed by atoms with Crippen LogP contribution in [-0.2, 0) is 0 Å². The Bertz CT molecular complexity index is 240. The second-order valence-corrected chi connectivity index (χ2v) is 4.67. The molecule has 5 heteroatoms. The summed E-state index contributed by atoms with van der Waals surface area (Å²) < 4.78 is 15.1. The average molecular weight is 248 g/mol. The monoisotopic (exact) mass is 248 g/mol. The molecule has 1 aromatic heterocycles. The van der Waals surface area contributed by atoms with Gasteiger partial charge in [0, 0.05) is 15.6 Å². The molecule has 0 saturated heterocycles. The van der Waals surface area contributed by atoms with Crippen molar-refractivity contribution in [3.63, 3.8) is 0 Å². The number of thiophene rings is 1. The fraction of sp³-hybridized carbons (Fsp3) is 0.600. The molecule has 0 aromatic carbocycles. The van der Waals surface area contributed by atoms with Crippen molar-refractivity contribution in [3.8, 4) is 16.6 Å². The van der Waals surface area contributed by atoms with Crippen molar-refractivity contribution >= 4 is 21.6 Å². The summed E-state index contributed by atoms with van der Waals surface area (Å²) in [6.07, 6.45) is 1.38. The third-order valence-electron chi connectivity index (χ3n) is 1.79. The fourth-order valence-corrected chi connectivity index (χ4v) is 1.58. The van der Waals surface area contributed by atoms with Crippen LogP contribution >= 0.6 is 11.3 Å². The summed E-state index contributed by atoms with van der Waals surface area (Å²) in [5, 5.41) is 2.59. The minimum atomic E-state index is 0.667. The Kier molecular flexibility index (Phi) is 8.22. The second-order valence-electron chi connectivity index (χ2n) is 2.83. The zero-order chi connectivity index (χ0) is 11.7. The number of hydrogen-bond donors (Lipinski definition) is 0. The normalized spacial score (nSPS) is 9.07. The topological polar surface area (TPSA) is 27.7 Å². The zero-order valence-corrected chi connectivity index (χ0v) is 12.9. The molecular formula is C10H20O3SSi. The van der Waals surface area contributed by atoms with Gasteiger partial charge < -0.3 is 14.2 Å². The predicted molar refractivity (Wildman–Crippen MR) is 69.0 cm³/mol. The van der Waals surface area contributed by atoms with Crippen molar-refractivity contribution in [1.82, 2.24) is 0 Å². The largest absolute Gasteiger partial charge is 0.492 e. The Morgan fingerprint density at radius 1 is 1.20 bits per heavy atom. The van der Waals surface area contributed by atoms with Crippen LogP contribution in [0.5, 0.6) is 16.6 Å². The van der Waals surface area contributed by atoms with E-state index in [1.807, 2.05) is 5.38 Å². The van der Waals surface area contributed by atoms with Crippen LogP contribution in [0, 0.1) is 0 Å². The van der Waals surface area contributed by atoms with Gasteiger partial charge >= 0.3 is 0 Å². The van der Waals surface area contributed by atoms with Gasteiger partial charge in [-0.25, -0.2) is 0 Å². The van der Waals surface area contributed by atoms with E-state index in [1.54, 1.807) is 21.3 Å². The molecule has 1 heterocycles. The van der Waals surface area contributed by atoms with Gasteiger partial charge in [0.05, 0.1) is 21.3 Å². The molecule has 0 fully saturated rings. The van der Waals surface area contributed by atoms with Crippen molar-refractivity contribution in [2.24, 2.45) is 0 Å². The Morgan fingerprint density at radius 3 is 2.13 bits per heavy atom. The maximum atomic E-state index is 5.06. The molecule has 1 aromatic rings. The van der Waals surface area contributed by atoms with Gasteiger partial charge in [-0.1, -0.05) is 30.7 Å². The highest BCUT2D eigenvalue weighted by atomic mass is 32.1. The van der Waals surface area contributed by atoms with Crippen LogP contribution in [0.1, 0.15) is 13.3 Å². The van der Waals surface area contributed by atoms with Gasteiger partial charge in [-0.3, -0.25) is 0 Å². The molecule has 3 nitrogen and oxygen atoms in total. The first-order valence-corrected chi connectivity index (χ1v) is 7.27. The van der Waals surface area contributed by atoms with E-state index in [4.69, 9.17) is 14.2 Å². The second kappa shape index (κ2) is 8.61. The van der Waals surface area contributed by atoms with E-state index in [2.05, 4.69) is 6.92 Å².